The maximum absolute atomic E-state index is 6.36. The molecule has 60 heavy (non-hydrogen) atoms. The average molecular weight is 766 g/mol. The third-order valence-electron chi connectivity index (χ3n) is 11.7. The molecule has 0 fully saturated rings. The van der Waals surface area contributed by atoms with Crippen molar-refractivity contribution in [1.29, 1.82) is 0 Å². The zero-order chi connectivity index (χ0) is 39.8. The van der Waals surface area contributed by atoms with Crippen molar-refractivity contribution < 1.29 is 4.42 Å². The Kier molecular flexibility index (Phi) is 8.87. The summed E-state index contributed by atoms with van der Waals surface area (Å²) >= 11 is 0. The summed E-state index contributed by atoms with van der Waals surface area (Å²) in [5.74, 6) is 0. The first-order valence-electron chi connectivity index (χ1n) is 20.5. The Hall–Kier alpha value is -7.94. The van der Waals surface area contributed by atoms with Gasteiger partial charge in [-0.1, -0.05) is 170 Å². The van der Waals surface area contributed by atoms with Crippen LogP contribution in [0.25, 0.3) is 88.3 Å². The van der Waals surface area contributed by atoms with Crippen LogP contribution in [0, 0.1) is 0 Å². The van der Waals surface area contributed by atoms with Crippen LogP contribution >= 0.6 is 0 Å². The van der Waals surface area contributed by atoms with Crippen LogP contribution in [0.5, 0.6) is 0 Å². The molecule has 0 radical (unpaired) electrons. The fraction of sp³-hybridized carbons (Fsp3) is 0. The molecule has 10 aromatic carbocycles. The lowest BCUT2D eigenvalue weighted by molar-refractivity contribution is 0.669. The van der Waals surface area contributed by atoms with Crippen LogP contribution in [0.3, 0.4) is 0 Å². The van der Waals surface area contributed by atoms with Crippen LogP contribution in [0.2, 0.25) is 0 Å². The second-order valence-corrected chi connectivity index (χ2v) is 15.3. The molecule has 282 valence electrons. The molecule has 0 N–H and O–H groups in total. The Morgan fingerprint density at radius 1 is 0.250 bits per heavy atom. The fourth-order valence-corrected chi connectivity index (χ4v) is 8.62. The standard InChI is InChI=1S/C58H39NO/c1-3-12-40(13-4-1)45-17-9-19-47(36-45)42-24-30-51(31-25-42)59(52-32-26-43(27-33-52)48-20-10-18-46(37-48)41-14-5-2-6-15-41)53-22-11-21-49(38-53)50-29-34-56-55(39-50)58-54-23-8-7-16-44(54)28-35-57(58)60-56/h1-39H. The molecule has 0 spiro atoms. The Morgan fingerprint density at radius 2 is 0.683 bits per heavy atom. The third-order valence-corrected chi connectivity index (χ3v) is 11.7. The van der Waals surface area contributed by atoms with Crippen LogP contribution in [0.1, 0.15) is 0 Å². The molecule has 1 heterocycles. The van der Waals surface area contributed by atoms with Crippen molar-refractivity contribution in [3.05, 3.63) is 237 Å². The van der Waals surface area contributed by atoms with Gasteiger partial charge >= 0.3 is 0 Å². The predicted octanol–water partition coefficient (Wildman–Crippen LogP) is 16.5. The Balaban J connectivity index is 0.992. The molecule has 1 aromatic heterocycles. The summed E-state index contributed by atoms with van der Waals surface area (Å²) in [6.07, 6.45) is 0. The van der Waals surface area contributed by atoms with Crippen LogP contribution in [0.15, 0.2) is 241 Å². The number of nitrogens with zero attached hydrogens (tertiary/aromatic N) is 1. The Bertz CT molecular complexity index is 3160. The summed E-state index contributed by atoms with van der Waals surface area (Å²) in [6.45, 7) is 0. The van der Waals surface area contributed by atoms with Gasteiger partial charge in [0.2, 0.25) is 0 Å². The topological polar surface area (TPSA) is 16.4 Å². The summed E-state index contributed by atoms with van der Waals surface area (Å²) in [4.78, 5) is 2.36. The highest BCUT2D eigenvalue weighted by Gasteiger charge is 2.17. The van der Waals surface area contributed by atoms with Gasteiger partial charge in [-0.15, -0.1) is 0 Å². The van der Waals surface area contributed by atoms with E-state index in [-0.39, 0.29) is 0 Å². The first-order valence-corrected chi connectivity index (χ1v) is 20.5. The number of benzene rings is 10. The molecule has 0 aliphatic heterocycles. The van der Waals surface area contributed by atoms with Crippen LogP contribution in [-0.4, -0.2) is 0 Å². The maximum atomic E-state index is 6.36. The van der Waals surface area contributed by atoms with Crippen molar-refractivity contribution in [2.75, 3.05) is 4.90 Å². The van der Waals surface area contributed by atoms with Crippen molar-refractivity contribution in [3.63, 3.8) is 0 Å². The van der Waals surface area contributed by atoms with E-state index >= 15 is 0 Å². The van der Waals surface area contributed by atoms with E-state index in [0.29, 0.717) is 0 Å². The number of hydrogen-bond acceptors (Lipinski definition) is 2. The van der Waals surface area contributed by atoms with Gasteiger partial charge in [0.15, 0.2) is 0 Å². The van der Waals surface area contributed by atoms with Crippen molar-refractivity contribution >= 4 is 49.8 Å². The van der Waals surface area contributed by atoms with Crippen molar-refractivity contribution in [3.8, 4) is 55.6 Å². The van der Waals surface area contributed by atoms with Crippen LogP contribution < -0.4 is 4.90 Å². The quantitative estimate of drug-likeness (QED) is 0.153. The zero-order valence-electron chi connectivity index (χ0n) is 32.9. The van der Waals surface area contributed by atoms with Crippen molar-refractivity contribution in [2.45, 2.75) is 0 Å². The summed E-state index contributed by atoms with van der Waals surface area (Å²) in [6, 6.07) is 84.9. The van der Waals surface area contributed by atoms with Gasteiger partial charge in [-0.25, -0.2) is 0 Å². The van der Waals surface area contributed by atoms with Gasteiger partial charge in [0.25, 0.3) is 0 Å². The number of anilines is 3. The lowest BCUT2D eigenvalue weighted by atomic mass is 9.98. The second kappa shape index (κ2) is 15.1. The molecule has 0 amide bonds. The summed E-state index contributed by atoms with van der Waals surface area (Å²) < 4.78 is 6.36. The molecule has 11 rings (SSSR count). The van der Waals surface area contributed by atoms with Crippen LogP contribution in [-0.2, 0) is 0 Å². The number of fused-ring (bicyclic) bond motifs is 5. The SMILES string of the molecule is c1ccc(-c2cccc(-c3ccc(N(c4ccc(-c5cccc(-c6ccccc6)c5)cc4)c4cccc(-c5ccc6oc7ccc8ccccc8c7c6c5)c4)cc3)c2)cc1. The fourth-order valence-electron chi connectivity index (χ4n) is 8.62. The molecule has 0 aliphatic rings. The number of hydrogen-bond donors (Lipinski definition) is 0. The molecule has 0 aliphatic carbocycles. The Morgan fingerprint density at radius 3 is 1.27 bits per heavy atom. The van der Waals surface area contributed by atoms with Gasteiger partial charge in [0, 0.05) is 27.8 Å². The monoisotopic (exact) mass is 765 g/mol. The molecule has 0 saturated carbocycles. The summed E-state index contributed by atoms with van der Waals surface area (Å²) in [5, 5.41) is 4.70. The second-order valence-electron chi connectivity index (χ2n) is 15.3. The minimum atomic E-state index is 0.895. The van der Waals surface area contributed by atoms with E-state index in [0.717, 1.165) is 50.1 Å². The van der Waals surface area contributed by atoms with Crippen LogP contribution in [0.4, 0.5) is 17.1 Å². The first-order chi connectivity index (χ1) is 29.7. The molecule has 2 nitrogen and oxygen atoms in total. The van der Waals surface area contributed by atoms with E-state index in [1.54, 1.807) is 0 Å². The van der Waals surface area contributed by atoms with Gasteiger partial charge < -0.3 is 9.32 Å². The zero-order valence-corrected chi connectivity index (χ0v) is 32.9. The smallest absolute Gasteiger partial charge is 0.136 e. The minimum absolute atomic E-state index is 0.895. The first kappa shape index (κ1) is 35.2. The van der Waals surface area contributed by atoms with E-state index < -0.39 is 0 Å². The highest BCUT2D eigenvalue weighted by Crippen LogP contribution is 2.41. The average Bonchev–Trinajstić information content (AvgIpc) is 3.72. The molecule has 2 heteroatoms. The van der Waals surface area contributed by atoms with Gasteiger partial charge in [-0.2, -0.15) is 0 Å². The molecule has 0 unspecified atom stereocenters. The molecule has 0 atom stereocenters. The third kappa shape index (κ3) is 6.61. The number of furan rings is 1. The lowest BCUT2D eigenvalue weighted by Crippen LogP contribution is -2.10. The molecule has 11 aromatic rings. The minimum Gasteiger partial charge on any atom is -0.456 e. The summed E-state index contributed by atoms with van der Waals surface area (Å²) in [5.41, 5.74) is 16.9. The van der Waals surface area contributed by atoms with Gasteiger partial charge in [-0.05, 0) is 133 Å². The lowest BCUT2D eigenvalue weighted by Gasteiger charge is -2.26. The van der Waals surface area contributed by atoms with Gasteiger partial charge in [0.1, 0.15) is 11.2 Å². The largest absolute Gasteiger partial charge is 0.456 e. The van der Waals surface area contributed by atoms with E-state index in [2.05, 4.69) is 241 Å². The molecular formula is C58H39NO. The molecule has 0 saturated heterocycles. The number of rotatable bonds is 8. The van der Waals surface area contributed by atoms with E-state index in [1.165, 1.54) is 55.3 Å². The van der Waals surface area contributed by atoms with E-state index in [4.69, 9.17) is 4.42 Å². The predicted molar refractivity (Wildman–Crippen MR) is 253 cm³/mol. The maximum Gasteiger partial charge on any atom is 0.136 e. The highest BCUT2D eigenvalue weighted by atomic mass is 16.3. The van der Waals surface area contributed by atoms with Gasteiger partial charge in [0.05, 0.1) is 0 Å². The van der Waals surface area contributed by atoms with Crippen molar-refractivity contribution in [1.82, 2.24) is 0 Å². The van der Waals surface area contributed by atoms with Crippen molar-refractivity contribution in [2.24, 2.45) is 0 Å². The van der Waals surface area contributed by atoms with E-state index in [1.807, 2.05) is 0 Å². The van der Waals surface area contributed by atoms with E-state index in [9.17, 15) is 0 Å². The molecular weight excluding hydrogens is 727 g/mol. The van der Waals surface area contributed by atoms with Gasteiger partial charge in [-0.3, -0.25) is 0 Å². The highest BCUT2D eigenvalue weighted by molar-refractivity contribution is 6.19. The summed E-state index contributed by atoms with van der Waals surface area (Å²) in [7, 11) is 0. The normalized spacial score (nSPS) is 11.3. The Labute approximate surface area is 349 Å². The molecule has 0 bridgehead atoms.